The van der Waals surface area contributed by atoms with E-state index >= 15 is 0 Å². The molecule has 0 bridgehead atoms. The number of hydrogen-bond donors (Lipinski definition) is 1. The summed E-state index contributed by atoms with van der Waals surface area (Å²) in [5.41, 5.74) is -2.12. The molecule has 0 saturated carbocycles. The molecule has 0 spiro atoms. The van der Waals surface area contributed by atoms with Crippen molar-refractivity contribution in [2.24, 2.45) is 0 Å². The van der Waals surface area contributed by atoms with Crippen molar-refractivity contribution < 1.29 is 27.8 Å². The van der Waals surface area contributed by atoms with Gasteiger partial charge in [-0.25, -0.2) is 22.9 Å². The first kappa shape index (κ1) is 12.3. The van der Waals surface area contributed by atoms with Gasteiger partial charge in [-0.3, -0.25) is 0 Å². The Bertz CT molecular complexity index is 409. The third kappa shape index (κ3) is 2.23. The number of aromatic nitrogens is 1. The number of esters is 1. The lowest BCUT2D eigenvalue weighted by atomic mass is 10.2. The molecule has 1 heterocycles. The highest BCUT2D eigenvalue weighted by molar-refractivity contribution is 5.92. The summed E-state index contributed by atoms with van der Waals surface area (Å²) in [5, 5.41) is 9.15. The molecular formula is C9H8F3NO3. The topological polar surface area (TPSA) is 59.4 Å². The molecule has 4 nitrogen and oxygen atoms in total. The fourth-order valence-corrected chi connectivity index (χ4v) is 1.04. The molecule has 0 radical (unpaired) electrons. The number of nitrogens with zero attached hydrogens (tertiary/aromatic N) is 1. The molecule has 0 aliphatic heterocycles. The number of pyridine rings is 1. The minimum Gasteiger partial charge on any atom is -0.505 e. The maximum absolute atomic E-state index is 13.4. The second-order valence-electron chi connectivity index (χ2n) is 2.74. The predicted octanol–water partition coefficient (Wildman–Crippen LogP) is 2.04. The summed E-state index contributed by atoms with van der Waals surface area (Å²) in [7, 11) is 0. The molecule has 0 aliphatic rings. The van der Waals surface area contributed by atoms with Gasteiger partial charge in [0.2, 0.25) is 0 Å². The van der Waals surface area contributed by atoms with Crippen LogP contribution in [0.25, 0.3) is 0 Å². The molecule has 1 rings (SSSR count). The minimum absolute atomic E-state index is 0.0654. The van der Waals surface area contributed by atoms with Gasteiger partial charge >= 0.3 is 5.97 Å². The van der Waals surface area contributed by atoms with Gasteiger partial charge in [0.25, 0.3) is 6.43 Å². The normalized spacial score (nSPS) is 10.6. The van der Waals surface area contributed by atoms with Crippen molar-refractivity contribution in [2.75, 3.05) is 6.61 Å². The summed E-state index contributed by atoms with van der Waals surface area (Å²) in [4.78, 5) is 14.2. The number of carbonyl (C=O) groups is 1. The molecular weight excluding hydrogens is 227 g/mol. The molecule has 7 heteroatoms. The second-order valence-corrected chi connectivity index (χ2v) is 2.74. The molecule has 0 fully saturated rings. The monoisotopic (exact) mass is 235 g/mol. The van der Waals surface area contributed by atoms with Gasteiger partial charge < -0.3 is 9.84 Å². The van der Waals surface area contributed by atoms with E-state index in [0.717, 1.165) is 0 Å². The van der Waals surface area contributed by atoms with E-state index in [0.29, 0.717) is 6.20 Å². The summed E-state index contributed by atoms with van der Waals surface area (Å²) >= 11 is 0. The first-order valence-electron chi connectivity index (χ1n) is 4.31. The number of hydrogen-bond acceptors (Lipinski definition) is 4. The number of ether oxygens (including phenoxy) is 1. The van der Waals surface area contributed by atoms with Crippen LogP contribution in [-0.2, 0) is 4.74 Å². The van der Waals surface area contributed by atoms with E-state index in [9.17, 15) is 18.0 Å². The molecule has 1 aromatic rings. The third-order valence-electron chi connectivity index (χ3n) is 1.71. The van der Waals surface area contributed by atoms with Gasteiger partial charge in [0.05, 0.1) is 12.8 Å². The Labute approximate surface area is 88.7 Å². The predicted molar refractivity (Wildman–Crippen MR) is 46.8 cm³/mol. The van der Waals surface area contributed by atoms with E-state index in [1.807, 2.05) is 0 Å². The van der Waals surface area contributed by atoms with Crippen LogP contribution in [0.2, 0.25) is 0 Å². The average Bonchev–Trinajstić information content (AvgIpc) is 2.17. The van der Waals surface area contributed by atoms with E-state index < -0.39 is 35.2 Å². The summed E-state index contributed by atoms with van der Waals surface area (Å²) in [6.07, 6.45) is -2.59. The lowest BCUT2D eigenvalue weighted by molar-refractivity contribution is 0.0515. The Morgan fingerprint density at radius 3 is 2.75 bits per heavy atom. The molecule has 0 unspecified atom stereocenters. The fourth-order valence-electron chi connectivity index (χ4n) is 1.04. The van der Waals surface area contributed by atoms with Crippen molar-refractivity contribution in [1.82, 2.24) is 4.98 Å². The van der Waals surface area contributed by atoms with Crippen LogP contribution in [0.5, 0.6) is 5.75 Å². The van der Waals surface area contributed by atoms with Crippen molar-refractivity contribution >= 4 is 5.97 Å². The molecule has 1 N–H and O–H groups in total. The van der Waals surface area contributed by atoms with E-state index in [-0.39, 0.29) is 6.61 Å². The zero-order chi connectivity index (χ0) is 12.3. The summed E-state index contributed by atoms with van der Waals surface area (Å²) in [6.45, 7) is 1.39. The molecule has 0 aliphatic carbocycles. The summed E-state index contributed by atoms with van der Waals surface area (Å²) in [6, 6.07) is 0. The van der Waals surface area contributed by atoms with Gasteiger partial charge in [0, 0.05) is 0 Å². The molecule has 88 valence electrons. The largest absolute Gasteiger partial charge is 0.505 e. The van der Waals surface area contributed by atoms with Crippen LogP contribution in [0.3, 0.4) is 0 Å². The highest BCUT2D eigenvalue weighted by atomic mass is 19.3. The lowest BCUT2D eigenvalue weighted by Crippen LogP contribution is -2.11. The molecule has 0 atom stereocenters. The maximum Gasteiger partial charge on any atom is 0.345 e. The Kier molecular flexibility index (Phi) is 3.70. The number of carbonyl (C=O) groups excluding carboxylic acids is 1. The number of alkyl halides is 2. The Hall–Kier alpha value is -1.79. The quantitative estimate of drug-likeness (QED) is 0.814. The standard InChI is InChI=1S/C9H8F3NO3/c1-2-16-9(15)5-4(14)3-13-7(6(5)10)8(11)12/h3,8,14H,2H2,1H3. The number of rotatable bonds is 3. The maximum atomic E-state index is 13.4. The van der Waals surface area contributed by atoms with Crippen LogP contribution in [-0.4, -0.2) is 22.7 Å². The van der Waals surface area contributed by atoms with Gasteiger partial charge in [-0.05, 0) is 6.92 Å². The molecule has 16 heavy (non-hydrogen) atoms. The summed E-state index contributed by atoms with van der Waals surface area (Å²) in [5.74, 6) is -3.60. The van der Waals surface area contributed by atoms with Gasteiger partial charge in [-0.1, -0.05) is 0 Å². The smallest absolute Gasteiger partial charge is 0.345 e. The van der Waals surface area contributed by atoms with Gasteiger partial charge in [-0.2, -0.15) is 0 Å². The zero-order valence-corrected chi connectivity index (χ0v) is 8.21. The number of halogens is 3. The molecule has 0 saturated heterocycles. The van der Waals surface area contributed by atoms with Crippen LogP contribution < -0.4 is 0 Å². The van der Waals surface area contributed by atoms with E-state index in [1.165, 1.54) is 6.92 Å². The van der Waals surface area contributed by atoms with Crippen molar-refractivity contribution in [3.63, 3.8) is 0 Å². The van der Waals surface area contributed by atoms with E-state index in [2.05, 4.69) is 9.72 Å². The van der Waals surface area contributed by atoms with Crippen LogP contribution in [0.15, 0.2) is 6.20 Å². The number of aromatic hydroxyl groups is 1. The first-order valence-corrected chi connectivity index (χ1v) is 4.31. The minimum atomic E-state index is -3.17. The molecule has 0 aromatic carbocycles. The van der Waals surface area contributed by atoms with Crippen molar-refractivity contribution in [1.29, 1.82) is 0 Å². The Morgan fingerprint density at radius 1 is 1.62 bits per heavy atom. The average molecular weight is 235 g/mol. The van der Waals surface area contributed by atoms with Crippen LogP contribution in [0.4, 0.5) is 13.2 Å². The van der Waals surface area contributed by atoms with E-state index in [4.69, 9.17) is 5.11 Å². The van der Waals surface area contributed by atoms with Crippen LogP contribution in [0, 0.1) is 5.82 Å². The third-order valence-corrected chi connectivity index (χ3v) is 1.71. The second kappa shape index (κ2) is 4.82. The molecule has 1 aromatic heterocycles. The Morgan fingerprint density at radius 2 is 2.25 bits per heavy atom. The van der Waals surface area contributed by atoms with Gasteiger partial charge in [0.1, 0.15) is 11.3 Å². The first-order chi connectivity index (χ1) is 7.49. The zero-order valence-electron chi connectivity index (χ0n) is 8.21. The highest BCUT2D eigenvalue weighted by Gasteiger charge is 2.26. The van der Waals surface area contributed by atoms with Crippen LogP contribution in [0.1, 0.15) is 29.4 Å². The lowest BCUT2D eigenvalue weighted by Gasteiger charge is -2.08. The highest BCUT2D eigenvalue weighted by Crippen LogP contribution is 2.27. The van der Waals surface area contributed by atoms with Crippen molar-refractivity contribution in [3.05, 3.63) is 23.3 Å². The van der Waals surface area contributed by atoms with Crippen LogP contribution >= 0.6 is 0 Å². The van der Waals surface area contributed by atoms with Crippen molar-refractivity contribution in [3.8, 4) is 5.75 Å². The summed E-state index contributed by atoms with van der Waals surface area (Å²) < 4.78 is 42.3. The van der Waals surface area contributed by atoms with Crippen molar-refractivity contribution in [2.45, 2.75) is 13.3 Å². The SMILES string of the molecule is CCOC(=O)c1c(O)cnc(C(F)F)c1F. The van der Waals surface area contributed by atoms with Gasteiger partial charge in [-0.15, -0.1) is 0 Å². The van der Waals surface area contributed by atoms with E-state index in [1.54, 1.807) is 0 Å². The molecule has 0 amide bonds. The van der Waals surface area contributed by atoms with Gasteiger partial charge in [0.15, 0.2) is 11.6 Å². The fraction of sp³-hybridized carbons (Fsp3) is 0.333. The Balaban J connectivity index is 3.26.